The normalized spacial score (nSPS) is 12.4. The number of nitrogens with zero attached hydrogens (tertiary/aromatic N) is 3. The first-order chi connectivity index (χ1) is 6.77. The number of carbonyl (C=O) groups excluding carboxylic acids is 1. The summed E-state index contributed by atoms with van der Waals surface area (Å²) in [5.74, 6) is -0.361. The molecule has 0 bridgehead atoms. The molecule has 78 valence electrons. The van der Waals surface area contributed by atoms with E-state index in [1.54, 1.807) is 0 Å². The molecule has 1 amide bonds. The van der Waals surface area contributed by atoms with E-state index in [1.807, 2.05) is 6.92 Å². The second-order valence-electron chi connectivity index (χ2n) is 2.83. The molecule has 1 heterocycles. The highest BCUT2D eigenvalue weighted by atomic mass is 16.3. The summed E-state index contributed by atoms with van der Waals surface area (Å²) in [7, 11) is 0. The first kappa shape index (κ1) is 10.6. The van der Waals surface area contributed by atoms with Crippen LogP contribution in [0.5, 0.6) is 0 Å². The summed E-state index contributed by atoms with van der Waals surface area (Å²) >= 11 is 0. The Bertz CT molecular complexity index is 274. The van der Waals surface area contributed by atoms with Gasteiger partial charge in [-0.15, -0.1) is 10.2 Å². The lowest BCUT2D eigenvalue weighted by molar-refractivity contribution is 0.0918. The van der Waals surface area contributed by atoms with Crippen LogP contribution >= 0.6 is 0 Å². The van der Waals surface area contributed by atoms with Crippen LogP contribution in [-0.2, 0) is 0 Å². The summed E-state index contributed by atoms with van der Waals surface area (Å²) < 4.78 is 0. The van der Waals surface area contributed by atoms with Gasteiger partial charge in [0.15, 0.2) is 0 Å². The Balaban J connectivity index is 2.47. The Kier molecular flexibility index (Phi) is 3.99. The molecule has 7 heteroatoms. The number of aromatic nitrogens is 4. The van der Waals surface area contributed by atoms with Crippen molar-refractivity contribution in [2.24, 2.45) is 0 Å². The number of rotatable bonds is 5. The molecule has 1 rings (SSSR count). The second-order valence-corrected chi connectivity index (χ2v) is 2.83. The van der Waals surface area contributed by atoms with Gasteiger partial charge in [-0.2, -0.15) is 5.21 Å². The number of H-pyrrole nitrogens is 1. The van der Waals surface area contributed by atoms with Gasteiger partial charge in [0.25, 0.3) is 11.7 Å². The first-order valence-electron chi connectivity index (χ1n) is 4.43. The topological polar surface area (TPSA) is 104 Å². The van der Waals surface area contributed by atoms with Crippen molar-refractivity contribution in [3.8, 4) is 0 Å². The lowest BCUT2D eigenvalue weighted by atomic mass is 10.1. The molecule has 1 aromatic rings. The van der Waals surface area contributed by atoms with Gasteiger partial charge in [-0.3, -0.25) is 4.79 Å². The molecule has 0 aliphatic carbocycles. The fourth-order valence-electron chi connectivity index (χ4n) is 1.04. The number of carbonyl (C=O) groups is 1. The highest BCUT2D eigenvalue weighted by molar-refractivity contribution is 5.90. The monoisotopic (exact) mass is 199 g/mol. The van der Waals surface area contributed by atoms with E-state index >= 15 is 0 Å². The van der Waals surface area contributed by atoms with Gasteiger partial charge in [0.2, 0.25) is 0 Å². The van der Waals surface area contributed by atoms with Gasteiger partial charge in [0.1, 0.15) is 0 Å². The molecule has 14 heavy (non-hydrogen) atoms. The number of aliphatic hydroxyl groups is 1. The van der Waals surface area contributed by atoms with E-state index in [0.717, 1.165) is 6.42 Å². The van der Waals surface area contributed by atoms with Crippen molar-refractivity contribution in [2.75, 3.05) is 6.61 Å². The third kappa shape index (κ3) is 2.77. The summed E-state index contributed by atoms with van der Waals surface area (Å²) in [6.45, 7) is 1.97. The van der Waals surface area contributed by atoms with E-state index in [-0.39, 0.29) is 24.4 Å². The van der Waals surface area contributed by atoms with Gasteiger partial charge in [0.05, 0.1) is 0 Å². The zero-order chi connectivity index (χ0) is 10.4. The van der Waals surface area contributed by atoms with Gasteiger partial charge in [-0.1, -0.05) is 6.92 Å². The minimum absolute atomic E-state index is 0.0152. The number of aliphatic hydroxyl groups excluding tert-OH is 1. The number of hydrogen-bond acceptors (Lipinski definition) is 5. The third-order valence-corrected chi connectivity index (χ3v) is 1.85. The fraction of sp³-hybridized carbons (Fsp3) is 0.714. The summed E-state index contributed by atoms with van der Waals surface area (Å²) in [6.07, 6.45) is 1.28. The van der Waals surface area contributed by atoms with Gasteiger partial charge in [-0.05, 0) is 18.1 Å². The van der Waals surface area contributed by atoms with Crippen LogP contribution in [0.25, 0.3) is 0 Å². The summed E-state index contributed by atoms with van der Waals surface area (Å²) in [4.78, 5) is 11.4. The Morgan fingerprint density at radius 1 is 1.71 bits per heavy atom. The molecule has 1 aromatic heterocycles. The molecule has 0 fully saturated rings. The Labute approximate surface area is 80.9 Å². The number of aromatic amines is 1. The standard InChI is InChI=1S/C7H13N5O2/c1-2-5(3-4-13)8-7(14)6-9-11-12-10-6/h5,13H,2-4H2,1H3,(H,8,14)(H,9,10,11,12). The van der Waals surface area contributed by atoms with Crippen LogP contribution in [0.2, 0.25) is 0 Å². The lowest BCUT2D eigenvalue weighted by Crippen LogP contribution is -2.35. The minimum Gasteiger partial charge on any atom is -0.396 e. The molecule has 0 radical (unpaired) electrons. The van der Waals surface area contributed by atoms with Crippen LogP contribution in [-0.4, -0.2) is 44.3 Å². The number of nitrogens with one attached hydrogen (secondary N) is 2. The smallest absolute Gasteiger partial charge is 0.293 e. The van der Waals surface area contributed by atoms with Crippen LogP contribution in [0.4, 0.5) is 0 Å². The fourth-order valence-corrected chi connectivity index (χ4v) is 1.04. The minimum atomic E-state index is -0.376. The van der Waals surface area contributed by atoms with Crippen molar-refractivity contribution in [3.63, 3.8) is 0 Å². The van der Waals surface area contributed by atoms with Crippen molar-refractivity contribution >= 4 is 5.91 Å². The van der Waals surface area contributed by atoms with Gasteiger partial charge in [-0.25, -0.2) is 0 Å². The average molecular weight is 199 g/mol. The number of hydrogen-bond donors (Lipinski definition) is 3. The van der Waals surface area contributed by atoms with Gasteiger partial charge < -0.3 is 10.4 Å². The van der Waals surface area contributed by atoms with Crippen LogP contribution in [0, 0.1) is 0 Å². The molecule has 0 aliphatic rings. The molecule has 1 atom stereocenters. The van der Waals surface area contributed by atoms with Crippen LogP contribution in [0.1, 0.15) is 30.4 Å². The molecule has 1 unspecified atom stereocenters. The predicted molar refractivity (Wildman–Crippen MR) is 47.4 cm³/mol. The molecule has 3 N–H and O–H groups in total. The van der Waals surface area contributed by atoms with E-state index < -0.39 is 0 Å². The second kappa shape index (κ2) is 5.28. The van der Waals surface area contributed by atoms with Crippen LogP contribution in [0.15, 0.2) is 0 Å². The molecule has 0 aromatic carbocycles. The maximum Gasteiger partial charge on any atom is 0.293 e. The summed E-state index contributed by atoms with van der Waals surface area (Å²) in [5, 5.41) is 23.9. The maximum atomic E-state index is 11.4. The quantitative estimate of drug-likeness (QED) is 0.569. The van der Waals surface area contributed by atoms with E-state index in [4.69, 9.17) is 5.11 Å². The SMILES string of the molecule is CCC(CCO)NC(=O)c1nn[nH]n1. The highest BCUT2D eigenvalue weighted by Gasteiger charge is 2.14. The van der Waals surface area contributed by atoms with Gasteiger partial charge in [0, 0.05) is 12.6 Å². The lowest BCUT2D eigenvalue weighted by Gasteiger charge is -2.13. The number of amides is 1. The average Bonchev–Trinajstić information content (AvgIpc) is 2.69. The van der Waals surface area contributed by atoms with Crippen LogP contribution < -0.4 is 5.32 Å². The van der Waals surface area contributed by atoms with Crippen molar-refractivity contribution < 1.29 is 9.90 Å². The third-order valence-electron chi connectivity index (χ3n) is 1.85. The van der Waals surface area contributed by atoms with Gasteiger partial charge >= 0.3 is 0 Å². The highest BCUT2D eigenvalue weighted by Crippen LogP contribution is 1.97. The zero-order valence-corrected chi connectivity index (χ0v) is 7.90. The molecule has 0 saturated carbocycles. The van der Waals surface area contributed by atoms with Crippen molar-refractivity contribution in [1.82, 2.24) is 25.9 Å². The Morgan fingerprint density at radius 3 is 3.00 bits per heavy atom. The van der Waals surface area contributed by atoms with E-state index in [9.17, 15) is 4.79 Å². The number of tetrazole rings is 1. The molecule has 0 spiro atoms. The maximum absolute atomic E-state index is 11.4. The van der Waals surface area contributed by atoms with Crippen LogP contribution in [0.3, 0.4) is 0 Å². The van der Waals surface area contributed by atoms with E-state index in [0.29, 0.717) is 6.42 Å². The van der Waals surface area contributed by atoms with Crippen molar-refractivity contribution in [3.05, 3.63) is 5.82 Å². The summed E-state index contributed by atoms with van der Waals surface area (Å²) in [5.41, 5.74) is 0. The zero-order valence-electron chi connectivity index (χ0n) is 7.90. The first-order valence-corrected chi connectivity index (χ1v) is 4.43. The van der Waals surface area contributed by atoms with E-state index in [1.165, 1.54) is 0 Å². The largest absolute Gasteiger partial charge is 0.396 e. The van der Waals surface area contributed by atoms with E-state index in [2.05, 4.69) is 25.9 Å². The van der Waals surface area contributed by atoms with Crippen molar-refractivity contribution in [2.45, 2.75) is 25.8 Å². The summed E-state index contributed by atoms with van der Waals surface area (Å²) in [6, 6.07) is -0.0500. The molecule has 7 nitrogen and oxygen atoms in total. The molecular formula is C7H13N5O2. The Hall–Kier alpha value is -1.50. The van der Waals surface area contributed by atoms with Crippen molar-refractivity contribution in [1.29, 1.82) is 0 Å². The molecule has 0 saturated heterocycles. The molecular weight excluding hydrogens is 186 g/mol. The predicted octanol–water partition coefficient (Wildman–Crippen LogP) is -0.909. The molecule has 0 aliphatic heterocycles. The Morgan fingerprint density at radius 2 is 2.50 bits per heavy atom.